The Morgan fingerprint density at radius 3 is 2.83 bits per heavy atom. The Morgan fingerprint density at radius 2 is 2.28 bits per heavy atom. The van der Waals surface area contributed by atoms with Gasteiger partial charge < -0.3 is 15.5 Å². The van der Waals surface area contributed by atoms with E-state index in [1.807, 2.05) is 5.38 Å². The molecule has 1 aromatic rings. The molecule has 6 heteroatoms. The predicted molar refractivity (Wildman–Crippen MR) is 72.3 cm³/mol. The fourth-order valence-corrected chi connectivity index (χ4v) is 2.64. The normalized spacial score (nSPS) is 17.3. The maximum Gasteiger partial charge on any atom is 0.240 e. The van der Waals surface area contributed by atoms with Crippen LogP contribution in [0.25, 0.3) is 0 Å². The van der Waals surface area contributed by atoms with Crippen LogP contribution in [0.2, 0.25) is 0 Å². The van der Waals surface area contributed by atoms with E-state index in [0.717, 1.165) is 18.2 Å². The minimum Gasteiger partial charge on any atom is -0.345 e. The summed E-state index contributed by atoms with van der Waals surface area (Å²) in [7, 11) is 0. The fraction of sp³-hybridized carbons (Fsp3) is 0.500. The maximum absolute atomic E-state index is 12.0. The Bertz CT molecular complexity index is 431. The molecule has 0 bridgehead atoms. The Labute approximate surface area is 111 Å². The molecule has 0 aromatic carbocycles. The van der Waals surface area contributed by atoms with Gasteiger partial charge in [0.2, 0.25) is 5.91 Å². The van der Waals surface area contributed by atoms with Gasteiger partial charge >= 0.3 is 0 Å². The molecule has 1 fully saturated rings. The zero-order valence-electron chi connectivity index (χ0n) is 10.1. The van der Waals surface area contributed by atoms with E-state index in [0.29, 0.717) is 19.5 Å². The summed E-state index contributed by atoms with van der Waals surface area (Å²) in [5, 5.41) is 2.96. The first-order chi connectivity index (χ1) is 8.72. The lowest BCUT2D eigenvalue weighted by atomic mass is 10.2. The predicted octanol–water partition coefficient (Wildman–Crippen LogP) is 0.142. The van der Waals surface area contributed by atoms with Gasteiger partial charge in [-0.15, -0.1) is 23.7 Å². The van der Waals surface area contributed by atoms with Crippen LogP contribution in [-0.2, 0) is 4.79 Å². The lowest BCUT2D eigenvalue weighted by Crippen LogP contribution is -2.53. The van der Waals surface area contributed by atoms with Crippen LogP contribution >= 0.6 is 11.3 Å². The van der Waals surface area contributed by atoms with Gasteiger partial charge in [-0.2, -0.15) is 0 Å². The molecule has 1 saturated heterocycles. The van der Waals surface area contributed by atoms with Crippen molar-refractivity contribution in [3.8, 4) is 12.3 Å². The van der Waals surface area contributed by atoms with E-state index in [2.05, 4.69) is 15.8 Å². The third kappa shape index (κ3) is 2.81. The molecule has 1 aliphatic rings. The van der Waals surface area contributed by atoms with E-state index in [1.165, 1.54) is 0 Å². The molecule has 1 amide bonds. The minimum absolute atomic E-state index is 0.0493. The first-order valence-electron chi connectivity index (χ1n) is 5.84. The summed E-state index contributed by atoms with van der Waals surface area (Å²) in [6.45, 7) is 2.94. The van der Waals surface area contributed by atoms with Crippen molar-refractivity contribution in [2.24, 2.45) is 5.73 Å². The average molecular weight is 264 g/mol. The number of nitrogens with zero attached hydrogens (tertiary/aromatic N) is 3. The molecule has 1 aromatic heterocycles. The number of amides is 1. The first kappa shape index (κ1) is 12.9. The topological polar surface area (TPSA) is 62.5 Å². The molecule has 1 aliphatic heterocycles. The van der Waals surface area contributed by atoms with E-state index < -0.39 is 6.04 Å². The van der Waals surface area contributed by atoms with Crippen molar-refractivity contribution in [1.29, 1.82) is 0 Å². The van der Waals surface area contributed by atoms with Gasteiger partial charge in [0.05, 0.1) is 6.04 Å². The monoisotopic (exact) mass is 264 g/mol. The highest BCUT2D eigenvalue weighted by Gasteiger charge is 2.25. The third-order valence-corrected chi connectivity index (χ3v) is 3.77. The van der Waals surface area contributed by atoms with Crippen LogP contribution in [-0.4, -0.2) is 48.0 Å². The van der Waals surface area contributed by atoms with Crippen LogP contribution in [0.4, 0.5) is 5.13 Å². The summed E-state index contributed by atoms with van der Waals surface area (Å²) in [5.74, 6) is 2.38. The quantitative estimate of drug-likeness (QED) is 0.789. The van der Waals surface area contributed by atoms with Crippen molar-refractivity contribution >= 4 is 22.4 Å². The molecule has 0 spiro atoms. The molecule has 5 nitrogen and oxygen atoms in total. The molecule has 1 atom stereocenters. The Hall–Kier alpha value is -1.58. The standard InChI is InChI=1S/C12H16N4OS/c1-2-3-10(13)11(17)15-5-7-16(8-6-15)12-14-4-9-18-12/h1,4,9-10H,3,5-8,13H2. The second kappa shape index (κ2) is 5.85. The average Bonchev–Trinajstić information content (AvgIpc) is 2.92. The number of terminal acetylenes is 1. The number of nitrogens with two attached hydrogens (primary N) is 1. The van der Waals surface area contributed by atoms with Gasteiger partial charge in [0.15, 0.2) is 5.13 Å². The van der Waals surface area contributed by atoms with Crippen LogP contribution in [0.15, 0.2) is 11.6 Å². The van der Waals surface area contributed by atoms with E-state index in [9.17, 15) is 4.79 Å². The zero-order chi connectivity index (χ0) is 13.0. The van der Waals surface area contributed by atoms with Crippen molar-refractivity contribution in [2.45, 2.75) is 12.5 Å². The molecule has 1 unspecified atom stereocenters. The summed E-state index contributed by atoms with van der Waals surface area (Å²) in [6, 6.07) is -0.568. The summed E-state index contributed by atoms with van der Waals surface area (Å²) < 4.78 is 0. The molecule has 2 rings (SSSR count). The number of hydrogen-bond acceptors (Lipinski definition) is 5. The van der Waals surface area contributed by atoms with Crippen molar-refractivity contribution < 1.29 is 4.79 Å². The highest BCUT2D eigenvalue weighted by atomic mass is 32.1. The van der Waals surface area contributed by atoms with Crippen molar-refractivity contribution in [2.75, 3.05) is 31.1 Å². The molecular formula is C12H16N4OS. The Balaban J connectivity index is 1.87. The number of thiazole rings is 1. The highest BCUT2D eigenvalue weighted by Crippen LogP contribution is 2.19. The summed E-state index contributed by atoms with van der Waals surface area (Å²) in [4.78, 5) is 20.2. The van der Waals surface area contributed by atoms with Gasteiger partial charge in [-0.1, -0.05) is 0 Å². The van der Waals surface area contributed by atoms with Crippen LogP contribution < -0.4 is 10.6 Å². The van der Waals surface area contributed by atoms with Gasteiger partial charge in [0.1, 0.15) is 0 Å². The minimum atomic E-state index is -0.568. The summed E-state index contributed by atoms with van der Waals surface area (Å²) in [6.07, 6.45) is 7.26. The number of carbonyl (C=O) groups excluding carboxylic acids is 1. The molecule has 2 heterocycles. The molecule has 0 saturated carbocycles. The first-order valence-corrected chi connectivity index (χ1v) is 6.72. The smallest absolute Gasteiger partial charge is 0.240 e. The van der Waals surface area contributed by atoms with Crippen molar-refractivity contribution in [3.63, 3.8) is 0 Å². The lowest BCUT2D eigenvalue weighted by Gasteiger charge is -2.35. The van der Waals surface area contributed by atoms with E-state index >= 15 is 0 Å². The largest absolute Gasteiger partial charge is 0.345 e. The van der Waals surface area contributed by atoms with Crippen LogP contribution in [0.1, 0.15) is 6.42 Å². The van der Waals surface area contributed by atoms with Crippen molar-refractivity contribution in [3.05, 3.63) is 11.6 Å². The maximum atomic E-state index is 12.0. The zero-order valence-corrected chi connectivity index (χ0v) is 10.9. The molecule has 2 N–H and O–H groups in total. The van der Waals surface area contributed by atoms with Gasteiger partial charge in [-0.05, 0) is 0 Å². The number of rotatable bonds is 3. The number of anilines is 1. The van der Waals surface area contributed by atoms with E-state index in [-0.39, 0.29) is 5.91 Å². The molecule has 0 aliphatic carbocycles. The molecular weight excluding hydrogens is 248 g/mol. The van der Waals surface area contributed by atoms with Gasteiger partial charge in [0.25, 0.3) is 0 Å². The molecule has 18 heavy (non-hydrogen) atoms. The Kier molecular flexibility index (Phi) is 4.18. The van der Waals surface area contributed by atoms with Crippen LogP contribution in [0.5, 0.6) is 0 Å². The van der Waals surface area contributed by atoms with Gasteiger partial charge in [-0.3, -0.25) is 4.79 Å². The van der Waals surface area contributed by atoms with Crippen LogP contribution in [0.3, 0.4) is 0 Å². The van der Waals surface area contributed by atoms with Crippen LogP contribution in [0, 0.1) is 12.3 Å². The molecule has 0 radical (unpaired) electrons. The van der Waals surface area contributed by atoms with Crippen molar-refractivity contribution in [1.82, 2.24) is 9.88 Å². The summed E-state index contributed by atoms with van der Waals surface area (Å²) in [5.41, 5.74) is 5.73. The van der Waals surface area contributed by atoms with E-state index in [1.54, 1.807) is 22.4 Å². The molecule has 96 valence electrons. The summed E-state index contributed by atoms with van der Waals surface area (Å²) >= 11 is 1.61. The highest BCUT2D eigenvalue weighted by molar-refractivity contribution is 7.13. The number of piperazine rings is 1. The van der Waals surface area contributed by atoms with Gasteiger partial charge in [-0.25, -0.2) is 4.98 Å². The SMILES string of the molecule is C#CCC(N)C(=O)N1CCN(c2nccs2)CC1. The number of carbonyl (C=O) groups is 1. The Morgan fingerprint density at radius 1 is 1.56 bits per heavy atom. The number of aromatic nitrogens is 1. The lowest BCUT2D eigenvalue weighted by molar-refractivity contribution is -0.132. The third-order valence-electron chi connectivity index (χ3n) is 2.94. The van der Waals surface area contributed by atoms with Gasteiger partial charge in [0, 0.05) is 44.2 Å². The van der Waals surface area contributed by atoms with E-state index in [4.69, 9.17) is 12.2 Å². The second-order valence-corrected chi connectivity index (χ2v) is 5.01. The fourth-order valence-electron chi connectivity index (χ4n) is 1.94. The second-order valence-electron chi connectivity index (χ2n) is 4.14. The number of hydrogen-bond donors (Lipinski definition) is 1.